The SMILES string of the molecule is CC(=O)C(C)C(O)c1cc(C)cc(O)c1O. The highest BCUT2D eigenvalue weighted by Crippen LogP contribution is 2.37. The average Bonchev–Trinajstić information content (AvgIpc) is 2.21. The fraction of sp³-hybridized carbons (Fsp3) is 0.417. The van der Waals surface area contributed by atoms with Crippen molar-refractivity contribution in [3.63, 3.8) is 0 Å². The van der Waals surface area contributed by atoms with Gasteiger partial charge in [0.2, 0.25) is 0 Å². The molecule has 0 aliphatic heterocycles. The number of aryl methyl sites for hydroxylation is 1. The van der Waals surface area contributed by atoms with Crippen molar-refractivity contribution in [2.45, 2.75) is 26.9 Å². The van der Waals surface area contributed by atoms with Gasteiger partial charge in [-0.2, -0.15) is 0 Å². The summed E-state index contributed by atoms with van der Waals surface area (Å²) in [5, 5.41) is 28.9. The lowest BCUT2D eigenvalue weighted by atomic mass is 9.92. The Bertz CT molecular complexity index is 412. The number of carbonyl (C=O) groups excluding carboxylic acids is 1. The minimum absolute atomic E-state index is 0.173. The molecule has 16 heavy (non-hydrogen) atoms. The van der Waals surface area contributed by atoms with Gasteiger partial charge in [0, 0.05) is 11.5 Å². The summed E-state index contributed by atoms with van der Waals surface area (Å²) in [6, 6.07) is 2.95. The smallest absolute Gasteiger partial charge is 0.163 e. The van der Waals surface area contributed by atoms with Crippen LogP contribution in [0.3, 0.4) is 0 Å². The monoisotopic (exact) mass is 224 g/mol. The summed E-state index contributed by atoms with van der Waals surface area (Å²) in [5.74, 6) is -1.45. The molecule has 0 fully saturated rings. The van der Waals surface area contributed by atoms with E-state index in [4.69, 9.17) is 0 Å². The number of hydrogen-bond donors (Lipinski definition) is 3. The molecule has 0 aliphatic rings. The quantitative estimate of drug-likeness (QED) is 0.682. The Morgan fingerprint density at radius 1 is 1.31 bits per heavy atom. The molecule has 4 heteroatoms. The van der Waals surface area contributed by atoms with Gasteiger partial charge in [0.25, 0.3) is 0 Å². The first kappa shape index (κ1) is 12.5. The number of Topliss-reactive ketones (excluding diaryl/α,β-unsaturated/α-hetero) is 1. The van der Waals surface area contributed by atoms with Crippen LogP contribution < -0.4 is 0 Å². The molecule has 2 atom stereocenters. The van der Waals surface area contributed by atoms with Gasteiger partial charge in [-0.25, -0.2) is 0 Å². The van der Waals surface area contributed by atoms with E-state index in [0.717, 1.165) is 0 Å². The number of rotatable bonds is 3. The van der Waals surface area contributed by atoms with Crippen molar-refractivity contribution < 1.29 is 20.1 Å². The Balaban J connectivity index is 3.17. The Morgan fingerprint density at radius 3 is 2.38 bits per heavy atom. The number of hydrogen-bond acceptors (Lipinski definition) is 4. The molecule has 1 aromatic rings. The summed E-state index contributed by atoms with van der Waals surface area (Å²) in [7, 11) is 0. The molecule has 0 radical (unpaired) electrons. The summed E-state index contributed by atoms with van der Waals surface area (Å²) in [6.45, 7) is 4.68. The third-order valence-electron chi connectivity index (χ3n) is 2.70. The first-order chi connectivity index (χ1) is 7.34. The number of carbonyl (C=O) groups is 1. The standard InChI is InChI=1S/C12H16O4/c1-6-4-9(12(16)10(14)5-6)11(15)7(2)8(3)13/h4-5,7,11,14-16H,1-3H3. The Morgan fingerprint density at radius 2 is 1.88 bits per heavy atom. The average molecular weight is 224 g/mol. The molecule has 1 rings (SSSR count). The molecule has 0 heterocycles. The van der Waals surface area contributed by atoms with Crippen LogP contribution in [0.5, 0.6) is 11.5 Å². The van der Waals surface area contributed by atoms with E-state index in [0.29, 0.717) is 5.56 Å². The highest BCUT2D eigenvalue weighted by Gasteiger charge is 2.24. The largest absolute Gasteiger partial charge is 0.504 e. The van der Waals surface area contributed by atoms with Gasteiger partial charge in [-0.15, -0.1) is 0 Å². The van der Waals surface area contributed by atoms with Gasteiger partial charge < -0.3 is 15.3 Å². The van der Waals surface area contributed by atoms with Crippen molar-refractivity contribution in [1.29, 1.82) is 0 Å². The van der Waals surface area contributed by atoms with Crippen molar-refractivity contribution in [2.75, 3.05) is 0 Å². The molecule has 2 unspecified atom stereocenters. The highest BCUT2D eigenvalue weighted by molar-refractivity contribution is 5.78. The number of phenols is 2. The predicted molar refractivity (Wildman–Crippen MR) is 59.3 cm³/mol. The topological polar surface area (TPSA) is 77.8 Å². The first-order valence-corrected chi connectivity index (χ1v) is 5.05. The molecule has 1 aromatic carbocycles. The van der Waals surface area contributed by atoms with Crippen LogP contribution >= 0.6 is 0 Å². The van der Waals surface area contributed by atoms with Gasteiger partial charge in [-0.05, 0) is 31.5 Å². The molecule has 0 spiro atoms. The second-order valence-corrected chi connectivity index (χ2v) is 4.07. The minimum atomic E-state index is -1.11. The van der Waals surface area contributed by atoms with Gasteiger partial charge in [0.15, 0.2) is 11.5 Å². The number of aromatic hydroxyl groups is 2. The van der Waals surface area contributed by atoms with E-state index in [1.807, 2.05) is 0 Å². The van der Waals surface area contributed by atoms with Crippen molar-refractivity contribution >= 4 is 5.78 Å². The molecule has 0 saturated carbocycles. The van der Waals surface area contributed by atoms with E-state index in [9.17, 15) is 20.1 Å². The molecule has 0 saturated heterocycles. The second kappa shape index (κ2) is 4.53. The van der Waals surface area contributed by atoms with Crippen LogP contribution in [-0.2, 0) is 4.79 Å². The maximum absolute atomic E-state index is 11.1. The Labute approximate surface area is 94.2 Å². The second-order valence-electron chi connectivity index (χ2n) is 4.07. The first-order valence-electron chi connectivity index (χ1n) is 5.05. The van der Waals surface area contributed by atoms with Crippen LogP contribution in [0.25, 0.3) is 0 Å². The lowest BCUT2D eigenvalue weighted by molar-refractivity contribution is -0.123. The van der Waals surface area contributed by atoms with Crippen LogP contribution in [0.2, 0.25) is 0 Å². The van der Waals surface area contributed by atoms with Gasteiger partial charge in [0.1, 0.15) is 5.78 Å². The van der Waals surface area contributed by atoms with Gasteiger partial charge in [0.05, 0.1) is 6.10 Å². The third kappa shape index (κ3) is 2.33. The number of aliphatic hydroxyl groups excluding tert-OH is 1. The summed E-state index contributed by atoms with van der Waals surface area (Å²) >= 11 is 0. The maximum Gasteiger partial charge on any atom is 0.163 e. The van der Waals surface area contributed by atoms with Crippen LogP contribution in [-0.4, -0.2) is 21.1 Å². The summed E-state index contributed by atoms with van der Waals surface area (Å²) in [6.07, 6.45) is -1.11. The molecule has 88 valence electrons. The van der Waals surface area contributed by atoms with Crippen LogP contribution in [0.1, 0.15) is 31.1 Å². The zero-order valence-corrected chi connectivity index (χ0v) is 9.56. The fourth-order valence-corrected chi connectivity index (χ4v) is 1.50. The molecule has 0 aromatic heterocycles. The van der Waals surface area contributed by atoms with Crippen molar-refractivity contribution in [3.05, 3.63) is 23.3 Å². The van der Waals surface area contributed by atoms with Crippen molar-refractivity contribution in [3.8, 4) is 11.5 Å². The number of phenolic OH excluding ortho intramolecular Hbond substituents is 2. The molecule has 0 amide bonds. The highest BCUT2D eigenvalue weighted by atomic mass is 16.3. The van der Waals surface area contributed by atoms with E-state index in [1.54, 1.807) is 19.9 Å². The molecule has 0 bridgehead atoms. The third-order valence-corrected chi connectivity index (χ3v) is 2.70. The van der Waals surface area contributed by atoms with E-state index in [2.05, 4.69) is 0 Å². The van der Waals surface area contributed by atoms with Crippen molar-refractivity contribution in [2.24, 2.45) is 5.92 Å². The van der Waals surface area contributed by atoms with Crippen LogP contribution in [0, 0.1) is 12.8 Å². The van der Waals surface area contributed by atoms with Crippen molar-refractivity contribution in [1.82, 2.24) is 0 Å². The minimum Gasteiger partial charge on any atom is -0.504 e. The zero-order chi connectivity index (χ0) is 12.5. The molecule has 3 N–H and O–H groups in total. The van der Waals surface area contributed by atoms with E-state index in [-0.39, 0.29) is 22.8 Å². The molecule has 0 aliphatic carbocycles. The molecular formula is C12H16O4. The van der Waals surface area contributed by atoms with E-state index >= 15 is 0 Å². The van der Waals surface area contributed by atoms with Crippen LogP contribution in [0.4, 0.5) is 0 Å². The van der Waals surface area contributed by atoms with Gasteiger partial charge >= 0.3 is 0 Å². The normalized spacial score (nSPS) is 14.5. The van der Waals surface area contributed by atoms with Gasteiger partial charge in [-0.3, -0.25) is 4.79 Å². The van der Waals surface area contributed by atoms with E-state index in [1.165, 1.54) is 13.0 Å². The lowest BCUT2D eigenvalue weighted by Crippen LogP contribution is -2.16. The summed E-state index contributed by atoms with van der Waals surface area (Å²) < 4.78 is 0. The summed E-state index contributed by atoms with van der Waals surface area (Å²) in [4.78, 5) is 11.1. The number of ketones is 1. The molecular weight excluding hydrogens is 208 g/mol. The maximum atomic E-state index is 11.1. The number of aliphatic hydroxyl groups is 1. The predicted octanol–water partition coefficient (Wildman–Crippen LogP) is 1.66. The summed E-state index contributed by atoms with van der Waals surface area (Å²) in [5.41, 5.74) is 0.889. The van der Waals surface area contributed by atoms with Crippen LogP contribution in [0.15, 0.2) is 12.1 Å². The Kier molecular flexibility index (Phi) is 3.55. The lowest BCUT2D eigenvalue weighted by Gasteiger charge is -2.18. The van der Waals surface area contributed by atoms with E-state index < -0.39 is 12.0 Å². The Hall–Kier alpha value is -1.55. The molecule has 4 nitrogen and oxygen atoms in total. The number of benzene rings is 1. The fourth-order valence-electron chi connectivity index (χ4n) is 1.50. The zero-order valence-electron chi connectivity index (χ0n) is 9.56. The van der Waals surface area contributed by atoms with Gasteiger partial charge in [-0.1, -0.05) is 6.92 Å².